The number of anilines is 6. The van der Waals surface area contributed by atoms with Crippen molar-refractivity contribution >= 4 is 57.2 Å². The molecule has 11 rings (SSSR count). The Kier molecular flexibility index (Phi) is 9.45. The minimum atomic E-state index is -0.215. The van der Waals surface area contributed by atoms with Crippen LogP contribution in [-0.2, 0) is 32.5 Å². The molecular formula is C65H71BN2. The maximum atomic E-state index is 2.69. The summed E-state index contributed by atoms with van der Waals surface area (Å²) in [6.07, 6.45) is 1.12. The minimum absolute atomic E-state index is 0.00692. The van der Waals surface area contributed by atoms with Crippen molar-refractivity contribution in [3.8, 4) is 11.1 Å². The first-order valence-corrected chi connectivity index (χ1v) is 25.3. The summed E-state index contributed by atoms with van der Waals surface area (Å²) < 4.78 is 0. The summed E-state index contributed by atoms with van der Waals surface area (Å²) in [6.45, 7) is 38.4. The summed E-state index contributed by atoms with van der Waals surface area (Å²) in [5.41, 5.74) is 27.9. The lowest BCUT2D eigenvalue weighted by Gasteiger charge is -2.48. The number of aryl methyl sites for hydroxylation is 2. The first-order valence-electron chi connectivity index (χ1n) is 25.3. The topological polar surface area (TPSA) is 6.48 Å². The molecule has 0 N–H and O–H groups in total. The normalized spacial score (nSPS) is 17.7. The van der Waals surface area contributed by atoms with E-state index in [2.05, 4.69) is 248 Å². The van der Waals surface area contributed by atoms with Gasteiger partial charge in [-0.2, -0.15) is 0 Å². The Bertz CT molecular complexity index is 3260. The monoisotopic (exact) mass is 891 g/mol. The Morgan fingerprint density at radius 3 is 1.43 bits per heavy atom. The van der Waals surface area contributed by atoms with Crippen LogP contribution in [-0.4, -0.2) is 6.71 Å². The third-order valence-corrected chi connectivity index (χ3v) is 16.9. The van der Waals surface area contributed by atoms with Crippen LogP contribution in [0.3, 0.4) is 0 Å². The van der Waals surface area contributed by atoms with Gasteiger partial charge in [0, 0.05) is 44.8 Å². The Balaban J connectivity index is 1.30. The number of benzene rings is 7. The van der Waals surface area contributed by atoms with E-state index in [9.17, 15) is 0 Å². The summed E-state index contributed by atoms with van der Waals surface area (Å²) in [5.74, 6) is 0. The van der Waals surface area contributed by atoms with Gasteiger partial charge in [-0.15, -0.1) is 0 Å². The molecule has 68 heavy (non-hydrogen) atoms. The fourth-order valence-electron chi connectivity index (χ4n) is 13.5. The highest BCUT2D eigenvalue weighted by atomic mass is 15.2. The van der Waals surface area contributed by atoms with Gasteiger partial charge in [-0.05, 0) is 162 Å². The van der Waals surface area contributed by atoms with Crippen molar-refractivity contribution < 1.29 is 0 Å². The maximum absolute atomic E-state index is 2.69. The molecule has 4 aliphatic rings. The Labute approximate surface area is 408 Å². The lowest BCUT2D eigenvalue weighted by Crippen LogP contribution is -2.62. The Hall–Kier alpha value is -5.80. The van der Waals surface area contributed by atoms with Crippen molar-refractivity contribution in [3.63, 3.8) is 0 Å². The van der Waals surface area contributed by atoms with Gasteiger partial charge in [-0.25, -0.2) is 0 Å². The summed E-state index contributed by atoms with van der Waals surface area (Å²) in [6, 6.07) is 50.6. The first-order chi connectivity index (χ1) is 31.8. The molecule has 2 aliphatic carbocycles. The summed E-state index contributed by atoms with van der Waals surface area (Å²) >= 11 is 0. The van der Waals surface area contributed by atoms with Crippen LogP contribution in [0.25, 0.3) is 11.1 Å². The van der Waals surface area contributed by atoms with Gasteiger partial charge < -0.3 is 9.80 Å². The van der Waals surface area contributed by atoms with Gasteiger partial charge in [0.1, 0.15) is 0 Å². The summed E-state index contributed by atoms with van der Waals surface area (Å²) in [5, 5.41) is 0. The second-order valence-electron chi connectivity index (χ2n) is 25.6. The van der Waals surface area contributed by atoms with E-state index in [0.29, 0.717) is 0 Å². The van der Waals surface area contributed by atoms with Crippen LogP contribution in [0.2, 0.25) is 0 Å². The Morgan fingerprint density at radius 2 is 0.882 bits per heavy atom. The van der Waals surface area contributed by atoms with Gasteiger partial charge in [-0.1, -0.05) is 182 Å². The van der Waals surface area contributed by atoms with Crippen LogP contribution in [0.5, 0.6) is 0 Å². The number of fused-ring (bicyclic) bond motifs is 7. The van der Waals surface area contributed by atoms with Crippen molar-refractivity contribution in [2.24, 2.45) is 0 Å². The van der Waals surface area contributed by atoms with Crippen molar-refractivity contribution in [1.29, 1.82) is 0 Å². The second kappa shape index (κ2) is 14.4. The quantitative estimate of drug-likeness (QED) is 0.163. The molecule has 3 heteroatoms. The van der Waals surface area contributed by atoms with Crippen molar-refractivity contribution in [3.05, 3.63) is 183 Å². The van der Waals surface area contributed by atoms with E-state index >= 15 is 0 Å². The number of hydrogen-bond donors (Lipinski definition) is 0. The van der Waals surface area contributed by atoms with Crippen molar-refractivity contribution in [1.82, 2.24) is 0 Å². The van der Waals surface area contributed by atoms with E-state index in [-0.39, 0.29) is 39.2 Å². The molecule has 7 aromatic rings. The average Bonchev–Trinajstić information content (AvgIpc) is 3.45. The van der Waals surface area contributed by atoms with Crippen LogP contribution < -0.4 is 26.2 Å². The fraction of sp³-hybridized carbons (Fsp3) is 0.354. The molecule has 0 saturated heterocycles. The van der Waals surface area contributed by atoms with Crippen LogP contribution in [0.4, 0.5) is 34.1 Å². The molecule has 7 aromatic carbocycles. The van der Waals surface area contributed by atoms with E-state index in [1.165, 1.54) is 117 Å². The lowest BCUT2D eigenvalue weighted by molar-refractivity contribution is 0.403. The fourth-order valence-corrected chi connectivity index (χ4v) is 13.5. The van der Waals surface area contributed by atoms with Crippen LogP contribution in [0.15, 0.2) is 127 Å². The predicted octanol–water partition coefficient (Wildman–Crippen LogP) is 15.6. The molecule has 2 heterocycles. The van der Waals surface area contributed by atoms with Crippen LogP contribution in [0.1, 0.15) is 159 Å². The molecule has 0 saturated carbocycles. The second-order valence-corrected chi connectivity index (χ2v) is 25.6. The zero-order valence-corrected chi connectivity index (χ0v) is 43.8. The molecule has 2 nitrogen and oxygen atoms in total. The minimum Gasteiger partial charge on any atom is -0.311 e. The smallest absolute Gasteiger partial charge is 0.252 e. The third kappa shape index (κ3) is 6.43. The van der Waals surface area contributed by atoms with Gasteiger partial charge in [-0.3, -0.25) is 0 Å². The molecule has 0 bridgehead atoms. The summed E-state index contributed by atoms with van der Waals surface area (Å²) in [4.78, 5) is 5.36. The standard InChI is InChI=1S/C65H71BN2/c1-39-30-57-59-58(31-39)68(54-29-27-43(61(6,7)8)33-44(54)41-22-18-17-19-23-41)56-37-50-49(64(13,14)45-24-20-21-25-46(45)65(50,15)16)35-52(56)66(59)51-34-47-48(63(11,12)38-62(47,9)10)36-55(51)67(57)53-28-26-42(32-40(53)2)60(3,4)5/h17-37H,38H2,1-16H3. The van der Waals surface area contributed by atoms with E-state index < -0.39 is 0 Å². The van der Waals surface area contributed by atoms with E-state index in [0.717, 1.165) is 6.42 Å². The van der Waals surface area contributed by atoms with E-state index in [1.54, 1.807) is 0 Å². The van der Waals surface area contributed by atoms with Gasteiger partial charge in [0.15, 0.2) is 0 Å². The van der Waals surface area contributed by atoms with Crippen LogP contribution >= 0.6 is 0 Å². The van der Waals surface area contributed by atoms with Gasteiger partial charge in [0.05, 0.1) is 5.69 Å². The lowest BCUT2D eigenvalue weighted by atomic mass is 9.32. The van der Waals surface area contributed by atoms with Crippen molar-refractivity contribution in [2.45, 2.75) is 150 Å². The molecular weight excluding hydrogens is 820 g/mol. The first kappa shape index (κ1) is 44.7. The van der Waals surface area contributed by atoms with Gasteiger partial charge in [0.25, 0.3) is 6.71 Å². The SMILES string of the molecule is Cc1cc2c3c(c1)N(c1ccc(C(C)(C)C)cc1-c1ccccc1)c1cc4c(cc1B3c1cc3c(cc1N2c1ccc(C(C)(C)C)cc1C)C(C)(C)CC3(C)C)C(C)(C)c1ccccc1C4(C)C. The number of nitrogens with zero attached hydrogens (tertiary/aromatic N) is 2. The van der Waals surface area contributed by atoms with E-state index in [4.69, 9.17) is 0 Å². The van der Waals surface area contributed by atoms with Crippen LogP contribution in [0, 0.1) is 13.8 Å². The van der Waals surface area contributed by atoms with Gasteiger partial charge in [0.2, 0.25) is 0 Å². The maximum Gasteiger partial charge on any atom is 0.252 e. The van der Waals surface area contributed by atoms with Crippen molar-refractivity contribution in [2.75, 3.05) is 9.80 Å². The summed E-state index contributed by atoms with van der Waals surface area (Å²) in [7, 11) is 0. The molecule has 0 atom stereocenters. The van der Waals surface area contributed by atoms with E-state index in [1.807, 2.05) is 0 Å². The molecule has 0 aromatic heterocycles. The predicted molar refractivity (Wildman–Crippen MR) is 294 cm³/mol. The molecule has 344 valence electrons. The zero-order valence-electron chi connectivity index (χ0n) is 43.8. The molecule has 0 spiro atoms. The third-order valence-electron chi connectivity index (χ3n) is 16.9. The number of hydrogen-bond acceptors (Lipinski definition) is 2. The zero-order chi connectivity index (χ0) is 48.4. The molecule has 0 radical (unpaired) electrons. The molecule has 0 amide bonds. The Morgan fingerprint density at radius 1 is 0.426 bits per heavy atom. The highest BCUT2D eigenvalue weighted by Crippen LogP contribution is 2.56. The molecule has 0 unspecified atom stereocenters. The highest BCUT2D eigenvalue weighted by molar-refractivity contribution is 7.00. The average molecular weight is 891 g/mol. The highest BCUT2D eigenvalue weighted by Gasteiger charge is 2.50. The molecule has 0 fully saturated rings. The largest absolute Gasteiger partial charge is 0.311 e. The van der Waals surface area contributed by atoms with Gasteiger partial charge >= 0.3 is 0 Å². The molecule has 2 aliphatic heterocycles. The number of rotatable bonds is 3.